The van der Waals surface area contributed by atoms with Crippen molar-refractivity contribution in [3.05, 3.63) is 72.1 Å². The van der Waals surface area contributed by atoms with Crippen LogP contribution in [-0.2, 0) is 15.6 Å². The van der Waals surface area contributed by atoms with Crippen LogP contribution in [0, 0.1) is 5.82 Å². The fourth-order valence-corrected chi connectivity index (χ4v) is 2.62. The zero-order chi connectivity index (χ0) is 15.8. The van der Waals surface area contributed by atoms with Crippen molar-refractivity contribution < 1.29 is 13.4 Å². The highest BCUT2D eigenvalue weighted by molar-refractivity contribution is 7.85. The number of hydrogen-bond acceptors (Lipinski definition) is 2. The van der Waals surface area contributed by atoms with Gasteiger partial charge in [-0.2, -0.15) is 0 Å². The molecule has 0 spiro atoms. The van der Waals surface area contributed by atoms with E-state index in [1.54, 1.807) is 12.1 Å². The molecule has 3 nitrogen and oxygen atoms in total. The second kappa shape index (κ2) is 8.24. The van der Waals surface area contributed by atoms with Gasteiger partial charge in [0, 0.05) is 22.2 Å². The fraction of sp³-hybridized carbons (Fsp3) is 0.118. The van der Waals surface area contributed by atoms with E-state index in [4.69, 9.17) is 0 Å². The third kappa shape index (κ3) is 5.61. The Labute approximate surface area is 131 Å². The van der Waals surface area contributed by atoms with E-state index in [-0.39, 0.29) is 5.75 Å². The average molecular weight is 317 g/mol. The molecule has 0 aliphatic carbocycles. The molecule has 0 aliphatic heterocycles. The van der Waals surface area contributed by atoms with E-state index in [1.807, 2.05) is 36.4 Å². The second-order valence-corrected chi connectivity index (χ2v) is 6.12. The maximum absolute atomic E-state index is 13.0. The molecule has 22 heavy (non-hydrogen) atoms. The molecule has 0 bridgehead atoms. The van der Waals surface area contributed by atoms with Gasteiger partial charge in [0.1, 0.15) is 11.6 Å². The summed E-state index contributed by atoms with van der Waals surface area (Å²) >= 11 is 0. The van der Waals surface area contributed by atoms with Gasteiger partial charge in [0.05, 0.1) is 0 Å². The number of anilines is 1. The summed E-state index contributed by atoms with van der Waals surface area (Å²) in [6.07, 6.45) is 3.64. The number of benzene rings is 2. The smallest absolute Gasteiger partial charge is 0.237 e. The molecule has 0 fully saturated rings. The summed E-state index contributed by atoms with van der Waals surface area (Å²) in [5.41, 5.74) is 1.38. The Morgan fingerprint density at radius 3 is 2.64 bits per heavy atom. The van der Waals surface area contributed by atoms with Crippen LogP contribution in [0.25, 0.3) is 6.08 Å². The summed E-state index contributed by atoms with van der Waals surface area (Å²) in [4.78, 5) is 11.7. The molecular weight excluding hydrogens is 301 g/mol. The fourth-order valence-electron chi connectivity index (χ4n) is 1.82. The molecule has 2 aromatic rings. The first-order valence-corrected chi connectivity index (χ1v) is 8.24. The van der Waals surface area contributed by atoms with Gasteiger partial charge >= 0.3 is 0 Å². The number of rotatable bonds is 6. The molecule has 0 aliphatic rings. The summed E-state index contributed by atoms with van der Waals surface area (Å²) in [6, 6.07) is 15.2. The molecule has 0 saturated heterocycles. The third-order valence-corrected chi connectivity index (χ3v) is 3.94. The van der Waals surface area contributed by atoms with E-state index in [9.17, 15) is 13.4 Å². The average Bonchev–Trinajstić information content (AvgIpc) is 2.48. The Morgan fingerprint density at radius 1 is 1.14 bits per heavy atom. The van der Waals surface area contributed by atoms with Crippen LogP contribution in [-0.4, -0.2) is 21.6 Å². The van der Waals surface area contributed by atoms with Gasteiger partial charge in [-0.15, -0.1) is 0 Å². The summed E-state index contributed by atoms with van der Waals surface area (Å²) in [5, 5.41) is 2.53. The Morgan fingerprint density at radius 2 is 1.91 bits per heavy atom. The molecule has 114 valence electrons. The minimum atomic E-state index is -1.30. The lowest BCUT2D eigenvalue weighted by atomic mass is 10.2. The largest absolute Gasteiger partial charge is 0.325 e. The van der Waals surface area contributed by atoms with Gasteiger partial charge in [-0.25, -0.2) is 4.39 Å². The maximum Gasteiger partial charge on any atom is 0.237 e. The first-order chi connectivity index (χ1) is 10.6. The lowest BCUT2D eigenvalue weighted by Gasteiger charge is -2.04. The summed E-state index contributed by atoms with van der Waals surface area (Å²) in [7, 11) is -1.30. The van der Waals surface area contributed by atoms with Crippen LogP contribution in [0.2, 0.25) is 0 Å². The lowest BCUT2D eigenvalue weighted by Crippen LogP contribution is -2.20. The minimum absolute atomic E-state index is 0.115. The molecule has 1 atom stereocenters. The Kier molecular flexibility index (Phi) is 6.03. The zero-order valence-corrected chi connectivity index (χ0v) is 12.7. The van der Waals surface area contributed by atoms with E-state index in [2.05, 4.69) is 5.32 Å². The molecule has 2 aromatic carbocycles. The van der Waals surface area contributed by atoms with E-state index in [0.717, 1.165) is 5.56 Å². The Balaban J connectivity index is 1.79. The molecule has 2 rings (SSSR count). The van der Waals surface area contributed by atoms with Gasteiger partial charge in [0.25, 0.3) is 0 Å². The zero-order valence-electron chi connectivity index (χ0n) is 11.9. The molecule has 0 heterocycles. The number of amides is 1. The molecule has 0 radical (unpaired) electrons. The third-order valence-electron chi connectivity index (χ3n) is 2.79. The number of carbonyl (C=O) groups excluding carboxylic acids is 1. The first-order valence-electron chi connectivity index (χ1n) is 6.75. The predicted molar refractivity (Wildman–Crippen MR) is 88.4 cm³/mol. The highest BCUT2D eigenvalue weighted by Gasteiger charge is 2.07. The van der Waals surface area contributed by atoms with Crippen LogP contribution < -0.4 is 5.32 Å². The minimum Gasteiger partial charge on any atom is -0.325 e. The molecule has 0 aromatic heterocycles. The van der Waals surface area contributed by atoms with Gasteiger partial charge in [0.2, 0.25) is 5.91 Å². The van der Waals surface area contributed by atoms with Crippen molar-refractivity contribution >= 4 is 28.5 Å². The molecule has 0 saturated carbocycles. The maximum atomic E-state index is 13.0. The monoisotopic (exact) mass is 317 g/mol. The molecule has 1 amide bonds. The summed E-state index contributed by atoms with van der Waals surface area (Å²) in [6.45, 7) is 0. The van der Waals surface area contributed by atoms with Crippen molar-refractivity contribution in [2.75, 3.05) is 16.8 Å². The quantitative estimate of drug-likeness (QED) is 0.889. The van der Waals surface area contributed by atoms with Gasteiger partial charge in [-0.3, -0.25) is 9.00 Å². The lowest BCUT2D eigenvalue weighted by molar-refractivity contribution is -0.113. The van der Waals surface area contributed by atoms with Gasteiger partial charge in [0.15, 0.2) is 0 Å². The van der Waals surface area contributed by atoms with Crippen molar-refractivity contribution in [2.24, 2.45) is 0 Å². The van der Waals surface area contributed by atoms with Crippen LogP contribution in [0.3, 0.4) is 0 Å². The molecule has 1 unspecified atom stereocenters. The summed E-state index contributed by atoms with van der Waals surface area (Å²) in [5.74, 6) is -0.636. The Hall–Kier alpha value is -2.27. The molecule has 5 heteroatoms. The second-order valence-electron chi connectivity index (χ2n) is 4.62. The first kappa shape index (κ1) is 16.1. The van der Waals surface area contributed by atoms with Crippen molar-refractivity contribution in [1.29, 1.82) is 0 Å². The van der Waals surface area contributed by atoms with Crippen LogP contribution in [0.4, 0.5) is 10.1 Å². The van der Waals surface area contributed by atoms with E-state index in [0.29, 0.717) is 11.4 Å². The highest BCUT2D eigenvalue weighted by Crippen LogP contribution is 2.09. The van der Waals surface area contributed by atoms with Crippen molar-refractivity contribution in [2.45, 2.75) is 0 Å². The summed E-state index contributed by atoms with van der Waals surface area (Å²) < 4.78 is 24.8. The SMILES string of the molecule is O=C(CS(=O)CC=Cc1ccccc1)Nc1cccc(F)c1. The van der Waals surface area contributed by atoms with Crippen LogP contribution in [0.5, 0.6) is 0 Å². The van der Waals surface area contributed by atoms with Crippen LogP contribution in [0.1, 0.15) is 5.56 Å². The van der Waals surface area contributed by atoms with E-state index >= 15 is 0 Å². The highest BCUT2D eigenvalue weighted by atomic mass is 32.2. The van der Waals surface area contributed by atoms with Gasteiger partial charge in [-0.1, -0.05) is 48.6 Å². The van der Waals surface area contributed by atoms with E-state index < -0.39 is 22.5 Å². The normalized spacial score (nSPS) is 12.2. The topological polar surface area (TPSA) is 46.2 Å². The van der Waals surface area contributed by atoms with Gasteiger partial charge < -0.3 is 5.32 Å². The molecule has 1 N–H and O–H groups in total. The number of halogens is 1. The van der Waals surface area contributed by atoms with Crippen molar-refractivity contribution in [3.63, 3.8) is 0 Å². The van der Waals surface area contributed by atoms with Crippen molar-refractivity contribution in [1.82, 2.24) is 0 Å². The van der Waals surface area contributed by atoms with Crippen LogP contribution in [0.15, 0.2) is 60.7 Å². The number of hydrogen-bond donors (Lipinski definition) is 1. The number of carbonyl (C=O) groups is 1. The van der Waals surface area contributed by atoms with Crippen LogP contribution >= 0.6 is 0 Å². The number of nitrogens with one attached hydrogen (secondary N) is 1. The predicted octanol–water partition coefficient (Wildman–Crippen LogP) is 3.23. The standard InChI is InChI=1S/C17H16FNO2S/c18-15-9-4-10-16(12-15)19-17(20)13-22(21)11-5-8-14-6-2-1-3-7-14/h1-10,12H,11,13H2,(H,19,20). The van der Waals surface area contributed by atoms with E-state index in [1.165, 1.54) is 18.2 Å². The molecular formula is C17H16FNO2S. The van der Waals surface area contributed by atoms with Crippen molar-refractivity contribution in [3.8, 4) is 0 Å². The Bertz CT molecular complexity index is 686. The van der Waals surface area contributed by atoms with Gasteiger partial charge in [-0.05, 0) is 23.8 Å².